The topological polar surface area (TPSA) is 50.7 Å². The van der Waals surface area contributed by atoms with Crippen molar-refractivity contribution in [3.63, 3.8) is 0 Å². The van der Waals surface area contributed by atoms with Crippen LogP contribution in [0.5, 0.6) is 0 Å². The van der Waals surface area contributed by atoms with E-state index >= 15 is 0 Å². The molecular formula is C11H22N2O2S2. The number of oxime groups is 1. The number of rotatable bonds is 5. The fourth-order valence-electron chi connectivity index (χ4n) is 0.944. The molecule has 0 aromatic carbocycles. The molecule has 0 aliphatic rings. The number of nitrogens with zero attached hydrogens (tertiary/aromatic N) is 1. The monoisotopic (exact) mass is 278 g/mol. The first kappa shape index (κ1) is 16.6. The Hall–Kier alpha value is -0.360. The van der Waals surface area contributed by atoms with Crippen molar-refractivity contribution < 1.29 is 9.63 Å². The molecule has 0 bridgehead atoms. The van der Waals surface area contributed by atoms with Crippen LogP contribution in [-0.2, 0) is 4.84 Å². The van der Waals surface area contributed by atoms with Gasteiger partial charge in [0.1, 0.15) is 5.04 Å². The molecule has 0 spiro atoms. The van der Waals surface area contributed by atoms with Crippen molar-refractivity contribution in [1.29, 1.82) is 0 Å². The number of carbonyl (C=O) groups excluding carboxylic acids is 1. The first-order chi connectivity index (χ1) is 7.89. The van der Waals surface area contributed by atoms with Crippen LogP contribution in [0.25, 0.3) is 0 Å². The zero-order valence-electron chi connectivity index (χ0n) is 11.2. The van der Waals surface area contributed by atoms with E-state index in [-0.39, 0.29) is 5.41 Å². The van der Waals surface area contributed by atoms with Crippen molar-refractivity contribution >= 4 is 34.7 Å². The summed E-state index contributed by atoms with van der Waals surface area (Å²) < 4.78 is 0. The molecule has 1 N–H and O–H groups in total. The van der Waals surface area contributed by atoms with Crippen LogP contribution in [0.4, 0.5) is 4.79 Å². The molecule has 0 unspecified atom stereocenters. The van der Waals surface area contributed by atoms with E-state index in [1.54, 1.807) is 23.5 Å². The maximum Gasteiger partial charge on any atom is 0.433 e. The number of hydrogen-bond donors (Lipinski definition) is 1. The van der Waals surface area contributed by atoms with Gasteiger partial charge in [0.15, 0.2) is 0 Å². The summed E-state index contributed by atoms with van der Waals surface area (Å²) in [7, 11) is 1.52. The summed E-state index contributed by atoms with van der Waals surface area (Å²) in [6, 6.07) is 0. The summed E-state index contributed by atoms with van der Waals surface area (Å²) in [5, 5.41) is 7.15. The average molecular weight is 278 g/mol. The second-order valence-corrected chi connectivity index (χ2v) is 6.85. The van der Waals surface area contributed by atoms with Crippen molar-refractivity contribution in [2.45, 2.75) is 27.2 Å². The molecule has 0 aromatic rings. The predicted molar refractivity (Wildman–Crippen MR) is 77.9 cm³/mol. The van der Waals surface area contributed by atoms with Gasteiger partial charge in [-0.25, -0.2) is 4.79 Å². The molecule has 0 radical (unpaired) electrons. The van der Waals surface area contributed by atoms with Crippen LogP contribution in [-0.4, -0.2) is 35.9 Å². The third kappa shape index (κ3) is 10.5. The Morgan fingerprint density at radius 1 is 1.35 bits per heavy atom. The Kier molecular flexibility index (Phi) is 8.51. The van der Waals surface area contributed by atoms with Crippen molar-refractivity contribution in [2.75, 3.05) is 24.8 Å². The van der Waals surface area contributed by atoms with E-state index in [1.165, 1.54) is 7.05 Å². The lowest BCUT2D eigenvalue weighted by Crippen LogP contribution is -2.18. The minimum Gasteiger partial charge on any atom is -0.323 e. The molecule has 100 valence electrons. The highest BCUT2D eigenvalue weighted by molar-refractivity contribution is 8.14. The van der Waals surface area contributed by atoms with E-state index in [0.717, 1.165) is 23.0 Å². The quantitative estimate of drug-likeness (QED) is 0.276. The summed E-state index contributed by atoms with van der Waals surface area (Å²) in [5.74, 6) is 2.04. The van der Waals surface area contributed by atoms with Crippen LogP contribution >= 0.6 is 23.5 Å². The van der Waals surface area contributed by atoms with Crippen molar-refractivity contribution in [2.24, 2.45) is 10.6 Å². The van der Waals surface area contributed by atoms with Crippen LogP contribution < -0.4 is 5.32 Å². The predicted octanol–water partition coefficient (Wildman–Crippen LogP) is 3.19. The Labute approximate surface area is 112 Å². The van der Waals surface area contributed by atoms with Gasteiger partial charge in [0.25, 0.3) is 0 Å². The standard InChI is InChI=1S/C11H22N2O2S2/c1-11(2,3)8-9(17-7-6-16-5)13-15-10(14)12-4/h6-8H2,1-5H3,(H,12,14). The molecule has 0 rings (SSSR count). The fourth-order valence-corrected chi connectivity index (χ4v) is 2.80. The van der Waals surface area contributed by atoms with Crippen molar-refractivity contribution in [1.82, 2.24) is 5.32 Å². The van der Waals surface area contributed by atoms with Crippen molar-refractivity contribution in [3.8, 4) is 0 Å². The van der Waals surface area contributed by atoms with Gasteiger partial charge in [-0.3, -0.25) is 4.84 Å². The molecule has 0 atom stereocenters. The van der Waals surface area contributed by atoms with E-state index in [1.807, 2.05) is 0 Å². The molecule has 0 aliphatic carbocycles. The molecule has 0 aromatic heterocycles. The highest BCUT2D eigenvalue weighted by Crippen LogP contribution is 2.24. The van der Waals surface area contributed by atoms with Crippen LogP contribution in [0.2, 0.25) is 0 Å². The van der Waals surface area contributed by atoms with Gasteiger partial charge in [0.05, 0.1) is 0 Å². The summed E-state index contributed by atoms with van der Waals surface area (Å²) in [4.78, 5) is 15.7. The molecule has 17 heavy (non-hydrogen) atoms. The summed E-state index contributed by atoms with van der Waals surface area (Å²) >= 11 is 3.44. The lowest BCUT2D eigenvalue weighted by Gasteiger charge is -2.18. The zero-order valence-corrected chi connectivity index (χ0v) is 12.8. The summed E-state index contributed by atoms with van der Waals surface area (Å²) in [6.45, 7) is 6.41. The fraction of sp³-hybridized carbons (Fsp3) is 0.818. The van der Waals surface area contributed by atoms with Gasteiger partial charge in [-0.2, -0.15) is 11.8 Å². The van der Waals surface area contributed by atoms with E-state index in [0.29, 0.717) is 0 Å². The Morgan fingerprint density at radius 2 is 2.00 bits per heavy atom. The third-order valence-electron chi connectivity index (χ3n) is 1.67. The molecule has 1 amide bonds. The summed E-state index contributed by atoms with van der Waals surface area (Å²) in [6.07, 6.45) is 2.35. The maximum atomic E-state index is 11.0. The Bertz CT molecular complexity index is 263. The van der Waals surface area contributed by atoms with Crippen LogP contribution in [0.15, 0.2) is 5.16 Å². The zero-order chi connectivity index (χ0) is 13.3. The molecular weight excluding hydrogens is 256 g/mol. The molecule has 0 saturated carbocycles. The normalized spacial score (nSPS) is 12.4. The molecule has 6 heteroatoms. The van der Waals surface area contributed by atoms with Gasteiger partial charge >= 0.3 is 6.09 Å². The Balaban J connectivity index is 4.33. The van der Waals surface area contributed by atoms with Crippen LogP contribution in [0, 0.1) is 5.41 Å². The van der Waals surface area contributed by atoms with Gasteiger partial charge in [-0.1, -0.05) is 25.9 Å². The minimum absolute atomic E-state index is 0.136. The van der Waals surface area contributed by atoms with Crippen LogP contribution in [0.1, 0.15) is 27.2 Å². The largest absolute Gasteiger partial charge is 0.433 e. The third-order valence-corrected chi connectivity index (χ3v) is 3.50. The highest BCUT2D eigenvalue weighted by atomic mass is 32.2. The Morgan fingerprint density at radius 3 is 2.47 bits per heavy atom. The SMILES string of the molecule is CNC(=O)ON=C(CC(C)(C)C)SCCSC. The second-order valence-electron chi connectivity index (χ2n) is 4.69. The number of amides is 1. The number of nitrogens with one attached hydrogen (secondary N) is 1. The number of hydrogen-bond acceptors (Lipinski definition) is 5. The molecule has 0 saturated heterocycles. The van der Waals surface area contributed by atoms with E-state index in [4.69, 9.17) is 4.84 Å². The lowest BCUT2D eigenvalue weighted by atomic mass is 9.93. The number of thioether (sulfide) groups is 2. The van der Waals surface area contributed by atoms with Gasteiger partial charge in [0, 0.05) is 25.0 Å². The van der Waals surface area contributed by atoms with Gasteiger partial charge in [0.2, 0.25) is 0 Å². The van der Waals surface area contributed by atoms with Crippen LogP contribution in [0.3, 0.4) is 0 Å². The molecule has 0 heterocycles. The number of carbonyl (C=O) groups is 1. The van der Waals surface area contributed by atoms with Gasteiger partial charge in [-0.15, -0.1) is 11.8 Å². The van der Waals surface area contributed by atoms with E-state index < -0.39 is 6.09 Å². The second kappa shape index (κ2) is 8.69. The van der Waals surface area contributed by atoms with E-state index in [9.17, 15) is 4.79 Å². The first-order valence-corrected chi connectivity index (χ1v) is 7.84. The smallest absolute Gasteiger partial charge is 0.323 e. The average Bonchev–Trinajstić information content (AvgIpc) is 2.23. The highest BCUT2D eigenvalue weighted by Gasteiger charge is 2.16. The van der Waals surface area contributed by atoms with Gasteiger partial charge < -0.3 is 5.32 Å². The molecule has 0 aliphatic heterocycles. The lowest BCUT2D eigenvalue weighted by molar-refractivity contribution is 0.153. The first-order valence-electron chi connectivity index (χ1n) is 5.46. The maximum absolute atomic E-state index is 11.0. The molecule has 0 fully saturated rings. The van der Waals surface area contributed by atoms with Gasteiger partial charge in [-0.05, 0) is 11.7 Å². The minimum atomic E-state index is -0.526. The summed E-state index contributed by atoms with van der Waals surface area (Å²) in [5.41, 5.74) is 0.136. The van der Waals surface area contributed by atoms with Crippen molar-refractivity contribution in [3.05, 3.63) is 0 Å². The molecule has 4 nitrogen and oxygen atoms in total. The van der Waals surface area contributed by atoms with E-state index in [2.05, 4.69) is 37.5 Å².